The summed E-state index contributed by atoms with van der Waals surface area (Å²) in [4.78, 5) is 8.28. The van der Waals surface area contributed by atoms with Gasteiger partial charge in [0.15, 0.2) is 12.6 Å². The van der Waals surface area contributed by atoms with Crippen molar-refractivity contribution in [3.8, 4) is 5.88 Å². The lowest BCUT2D eigenvalue weighted by Crippen LogP contribution is -2.38. The molecule has 1 atom stereocenters. The van der Waals surface area contributed by atoms with E-state index in [1.54, 1.807) is 12.1 Å². The van der Waals surface area contributed by atoms with Crippen LogP contribution in [0.5, 0.6) is 5.88 Å². The van der Waals surface area contributed by atoms with Crippen molar-refractivity contribution in [3.05, 3.63) is 23.9 Å². The standard InChI is InChI=1S/C19H29F3N4O3.HI/c1-2-23-18(25-9-5-10-27-13-16-7-4-11-28-16)26-12-15-6-3-8-24-17(15)29-14-19(20,21)22;/h3,6,8,16H,2,4-5,7,9-14H2,1H3,(H2,23,25,26);1H. The lowest BCUT2D eigenvalue weighted by Gasteiger charge is -2.13. The summed E-state index contributed by atoms with van der Waals surface area (Å²) < 4.78 is 53.1. The summed E-state index contributed by atoms with van der Waals surface area (Å²) in [6.07, 6.45) is 0.134. The minimum absolute atomic E-state index is 0. The molecule has 172 valence electrons. The third-order valence-electron chi connectivity index (χ3n) is 4.06. The molecule has 7 nitrogen and oxygen atoms in total. The van der Waals surface area contributed by atoms with Crippen molar-refractivity contribution < 1.29 is 27.4 Å². The number of rotatable bonds is 11. The van der Waals surface area contributed by atoms with E-state index >= 15 is 0 Å². The minimum Gasteiger partial charge on any atom is -0.468 e. The molecule has 1 saturated heterocycles. The van der Waals surface area contributed by atoms with Gasteiger partial charge in [0.1, 0.15) is 0 Å². The van der Waals surface area contributed by atoms with Gasteiger partial charge in [-0.15, -0.1) is 24.0 Å². The van der Waals surface area contributed by atoms with E-state index in [9.17, 15) is 13.2 Å². The molecule has 1 aromatic heterocycles. The van der Waals surface area contributed by atoms with Crippen LogP contribution in [0.15, 0.2) is 23.3 Å². The average Bonchev–Trinajstić information content (AvgIpc) is 3.20. The maximum absolute atomic E-state index is 12.4. The normalized spacial score (nSPS) is 16.8. The molecule has 0 aliphatic carbocycles. The average molecular weight is 546 g/mol. The van der Waals surface area contributed by atoms with E-state index in [0.29, 0.717) is 37.8 Å². The second kappa shape index (κ2) is 14.6. The fraction of sp³-hybridized carbons (Fsp3) is 0.684. The molecular weight excluding hydrogens is 516 g/mol. The molecule has 1 unspecified atom stereocenters. The van der Waals surface area contributed by atoms with Crippen LogP contribution in [0.1, 0.15) is 31.7 Å². The molecule has 2 N–H and O–H groups in total. The van der Waals surface area contributed by atoms with Gasteiger partial charge in [-0.1, -0.05) is 6.07 Å². The highest BCUT2D eigenvalue weighted by molar-refractivity contribution is 14.0. The predicted octanol–water partition coefficient (Wildman–Crippen LogP) is 3.28. The molecule has 11 heteroatoms. The predicted molar refractivity (Wildman–Crippen MR) is 118 cm³/mol. The second-order valence-corrected chi connectivity index (χ2v) is 6.56. The number of nitrogens with zero attached hydrogens (tertiary/aromatic N) is 2. The third-order valence-corrected chi connectivity index (χ3v) is 4.06. The first-order valence-electron chi connectivity index (χ1n) is 9.83. The third kappa shape index (κ3) is 11.2. The molecule has 1 aliphatic heterocycles. The number of aliphatic imine (C=N–C) groups is 1. The SMILES string of the molecule is CCNC(=NCc1cccnc1OCC(F)(F)F)NCCCOCC1CCCO1.I. The number of halogens is 4. The molecule has 0 aromatic carbocycles. The Kier molecular flexibility index (Phi) is 13.0. The van der Waals surface area contributed by atoms with Crippen LogP contribution in [0.4, 0.5) is 13.2 Å². The van der Waals surface area contributed by atoms with Crippen LogP contribution >= 0.6 is 24.0 Å². The molecule has 0 amide bonds. The van der Waals surface area contributed by atoms with Crippen molar-refractivity contribution in [2.45, 2.75) is 45.0 Å². The van der Waals surface area contributed by atoms with E-state index in [-0.39, 0.29) is 42.5 Å². The van der Waals surface area contributed by atoms with Crippen molar-refractivity contribution >= 4 is 29.9 Å². The van der Waals surface area contributed by atoms with E-state index in [1.165, 1.54) is 6.20 Å². The van der Waals surface area contributed by atoms with Crippen LogP contribution in [-0.2, 0) is 16.0 Å². The summed E-state index contributed by atoms with van der Waals surface area (Å²) in [6.45, 7) is 4.06. The zero-order valence-corrected chi connectivity index (χ0v) is 19.4. The molecule has 1 aliphatic rings. The first-order valence-corrected chi connectivity index (χ1v) is 9.83. The number of hydrogen-bond acceptors (Lipinski definition) is 5. The molecule has 30 heavy (non-hydrogen) atoms. The summed E-state index contributed by atoms with van der Waals surface area (Å²) in [5.41, 5.74) is 0.480. The summed E-state index contributed by atoms with van der Waals surface area (Å²) in [5.74, 6) is 0.504. The maximum Gasteiger partial charge on any atom is 0.422 e. The van der Waals surface area contributed by atoms with Gasteiger partial charge in [-0.05, 0) is 32.3 Å². The molecule has 1 fully saturated rings. The Morgan fingerprint density at radius 1 is 1.37 bits per heavy atom. The van der Waals surface area contributed by atoms with E-state index < -0.39 is 12.8 Å². The number of alkyl halides is 3. The van der Waals surface area contributed by atoms with Crippen LogP contribution in [0.25, 0.3) is 0 Å². The van der Waals surface area contributed by atoms with Crippen molar-refractivity contribution in [1.29, 1.82) is 0 Å². The Morgan fingerprint density at radius 2 is 2.20 bits per heavy atom. The molecular formula is C19H30F3IN4O3. The molecule has 2 heterocycles. The van der Waals surface area contributed by atoms with Crippen molar-refractivity contribution in [2.75, 3.05) is 39.5 Å². The largest absolute Gasteiger partial charge is 0.468 e. The smallest absolute Gasteiger partial charge is 0.422 e. The van der Waals surface area contributed by atoms with Gasteiger partial charge in [-0.25, -0.2) is 9.98 Å². The van der Waals surface area contributed by atoms with E-state index in [1.807, 2.05) is 6.92 Å². The number of pyridine rings is 1. The number of nitrogens with one attached hydrogen (secondary N) is 2. The Balaban J connectivity index is 0.00000450. The van der Waals surface area contributed by atoms with E-state index in [0.717, 1.165) is 25.9 Å². The van der Waals surface area contributed by atoms with Crippen LogP contribution < -0.4 is 15.4 Å². The minimum atomic E-state index is -4.42. The highest BCUT2D eigenvalue weighted by atomic mass is 127. The Hall–Kier alpha value is -1.34. The zero-order valence-electron chi connectivity index (χ0n) is 17.0. The van der Waals surface area contributed by atoms with Crippen molar-refractivity contribution in [1.82, 2.24) is 15.6 Å². The zero-order chi connectivity index (χ0) is 21.0. The summed E-state index contributed by atoms with van der Waals surface area (Å²) in [7, 11) is 0. The van der Waals surface area contributed by atoms with Gasteiger partial charge in [0, 0.05) is 38.1 Å². The van der Waals surface area contributed by atoms with Gasteiger partial charge in [-0.2, -0.15) is 13.2 Å². The van der Waals surface area contributed by atoms with Crippen LogP contribution in [-0.4, -0.2) is 62.7 Å². The van der Waals surface area contributed by atoms with Gasteiger partial charge in [0.2, 0.25) is 5.88 Å². The lowest BCUT2D eigenvalue weighted by atomic mass is 10.2. The van der Waals surface area contributed by atoms with Gasteiger partial charge < -0.3 is 24.8 Å². The first-order chi connectivity index (χ1) is 14.0. The first kappa shape index (κ1) is 26.7. The molecule has 2 rings (SSSR count). The number of hydrogen-bond donors (Lipinski definition) is 2. The second-order valence-electron chi connectivity index (χ2n) is 6.56. The van der Waals surface area contributed by atoms with Crippen LogP contribution in [0.3, 0.4) is 0 Å². The maximum atomic E-state index is 12.4. The quantitative estimate of drug-likeness (QED) is 0.192. The topological polar surface area (TPSA) is 77.0 Å². The Labute approximate surface area is 192 Å². The highest BCUT2D eigenvalue weighted by Crippen LogP contribution is 2.20. The van der Waals surface area contributed by atoms with Crippen molar-refractivity contribution in [2.24, 2.45) is 4.99 Å². The highest BCUT2D eigenvalue weighted by Gasteiger charge is 2.29. The number of ether oxygens (including phenoxy) is 3. The molecule has 0 bridgehead atoms. The summed E-state index contributed by atoms with van der Waals surface area (Å²) >= 11 is 0. The van der Waals surface area contributed by atoms with Gasteiger partial charge in [0.25, 0.3) is 0 Å². The summed E-state index contributed by atoms with van der Waals surface area (Å²) in [6, 6.07) is 3.28. The lowest BCUT2D eigenvalue weighted by molar-refractivity contribution is -0.154. The van der Waals surface area contributed by atoms with Gasteiger partial charge in [0.05, 0.1) is 19.3 Å². The Bertz CT molecular complexity index is 629. The van der Waals surface area contributed by atoms with Gasteiger partial charge >= 0.3 is 6.18 Å². The fourth-order valence-corrected chi connectivity index (χ4v) is 2.70. The number of guanidine groups is 1. The molecule has 1 aromatic rings. The molecule has 0 saturated carbocycles. The van der Waals surface area contributed by atoms with Gasteiger partial charge in [-0.3, -0.25) is 0 Å². The van der Waals surface area contributed by atoms with Crippen LogP contribution in [0.2, 0.25) is 0 Å². The fourth-order valence-electron chi connectivity index (χ4n) is 2.70. The van der Waals surface area contributed by atoms with E-state index in [2.05, 4.69) is 20.6 Å². The monoisotopic (exact) mass is 546 g/mol. The van der Waals surface area contributed by atoms with Crippen molar-refractivity contribution in [3.63, 3.8) is 0 Å². The van der Waals surface area contributed by atoms with Crippen LogP contribution in [0, 0.1) is 0 Å². The Morgan fingerprint density at radius 3 is 2.90 bits per heavy atom. The molecule has 0 spiro atoms. The molecule has 0 radical (unpaired) electrons. The van der Waals surface area contributed by atoms with E-state index in [4.69, 9.17) is 14.2 Å². The summed E-state index contributed by atoms with van der Waals surface area (Å²) in [5, 5.41) is 6.28. The number of aromatic nitrogens is 1.